The van der Waals surface area contributed by atoms with Crippen LogP contribution in [0.4, 0.5) is 11.4 Å². The van der Waals surface area contributed by atoms with E-state index in [4.69, 9.17) is 28.4 Å². The van der Waals surface area contributed by atoms with Crippen LogP contribution in [0.15, 0.2) is 58.3 Å². The van der Waals surface area contributed by atoms with E-state index in [0.717, 1.165) is 48.5 Å². The van der Waals surface area contributed by atoms with Gasteiger partial charge in [0.15, 0.2) is 24.8 Å². The maximum atomic E-state index is 13.3. The van der Waals surface area contributed by atoms with Crippen molar-refractivity contribution in [1.82, 2.24) is 0 Å². The Morgan fingerprint density at radius 1 is 0.258 bits per heavy atom. The number of benzene rings is 2. The van der Waals surface area contributed by atoms with Gasteiger partial charge in [-0.05, 0) is 48.5 Å². The van der Waals surface area contributed by atoms with Crippen LogP contribution in [0.1, 0.15) is 0 Å². The molecule has 0 radical (unpaired) electrons. The largest absolute Gasteiger partial charge is 0.397 e. The molecule has 0 bridgehead atoms. The van der Waals surface area contributed by atoms with Crippen LogP contribution in [0.2, 0.25) is 0 Å². The molecular formula is C38H52N2O64S16. The Bertz CT molecular complexity index is 5370. The molecule has 0 aromatic heterocycles. The number of ether oxygens (including phenoxy) is 6. The van der Waals surface area contributed by atoms with Crippen molar-refractivity contribution in [3.05, 3.63) is 48.5 Å². The Balaban J connectivity index is 1.32. The third kappa shape index (κ3) is 37.1. The molecule has 4 aliphatic rings. The Labute approximate surface area is 682 Å². The van der Waals surface area contributed by atoms with Gasteiger partial charge < -0.3 is 39.1 Å². The summed E-state index contributed by atoms with van der Waals surface area (Å²) in [7, 11) is -86.0. The number of carbonyl (C=O) groups is 2. The molecule has 20 atom stereocenters. The first-order valence-corrected chi connectivity index (χ1v) is 49.9. The maximum Gasteiger partial charge on any atom is 0.397 e. The van der Waals surface area contributed by atoms with Crippen molar-refractivity contribution in [2.24, 2.45) is 0 Å². The van der Waals surface area contributed by atoms with Gasteiger partial charge in [-0.2, -0.15) is 118 Å². The molecule has 66 nitrogen and oxygen atoms in total. The Morgan fingerprint density at radius 3 is 0.667 bits per heavy atom. The minimum absolute atomic E-state index is 0.0115. The third-order valence-corrected chi connectivity index (χ3v) is 22.4. The van der Waals surface area contributed by atoms with Crippen molar-refractivity contribution in [3.63, 3.8) is 0 Å². The van der Waals surface area contributed by atoms with Gasteiger partial charge in [-0.15, -0.1) is 0 Å². The standard InChI is InChI=1S/C38H52N2O64S16/c41-33(39-13-1-5-15(6-2-13)105-37-31(103-119(79,80)81)25(97-113(61,62)63)21(17(91-37)9-85-107(43,44)45)93-35-29(101-117(73,74)75)27(99-115(67,68)69)23(95-111(55,56)57)19(89-35)11-87-109(49,50)51)34(42)40-14-3-7-16(8-4-14)106-38-32(104-120(82,83)84)26(98-114(64,65)66)22(18(92-38)10-86-108(46,47)48)94-36-30(102-118(76,77)78)28(100-116(70,71)72)24(96-112(58,59)60)20(90-36)12-88-110(52,53)54/h1-8,17-32,35-38H,9-12H2,(H,39,41)(H,40,42)(H,43,44,45)(H,46,47,48)(H,49,50,51)(H,52,53,54)(H,55,56,57)(H,58,59,60)(H,61,62,63)(H,64,65,66)(H,67,68,69)(H,70,71,72)(H,73,74,75)(H,76,77,78)(H,79,80,81)(H,82,83,84)/t17-,18-,19-,20-,21-,22-,23-,24-,25+,26+,27+,28+,29-,30-,31-,32-,35-,36-,37+,38+/m1/s1. The van der Waals surface area contributed by atoms with Gasteiger partial charge >= 0.3 is 157 Å². The van der Waals surface area contributed by atoms with E-state index >= 15 is 0 Å². The quantitative estimate of drug-likeness (QED) is 0.0217. The van der Waals surface area contributed by atoms with Crippen molar-refractivity contribution in [1.29, 1.82) is 0 Å². The van der Waals surface area contributed by atoms with E-state index in [9.17, 15) is 191 Å². The van der Waals surface area contributed by atoms with E-state index in [0.29, 0.717) is 0 Å². The molecule has 4 fully saturated rings. The van der Waals surface area contributed by atoms with Crippen molar-refractivity contribution in [2.75, 3.05) is 37.1 Å². The summed E-state index contributed by atoms with van der Waals surface area (Å²) in [5, 5.41) is 4.03. The van der Waals surface area contributed by atoms with Gasteiger partial charge in [0.05, 0.1) is 26.4 Å². The number of carbonyl (C=O) groups excluding carboxylic acids is 2. The highest BCUT2D eigenvalue weighted by molar-refractivity contribution is 8.00. The average Bonchev–Trinajstić information content (AvgIpc) is 0.757. The van der Waals surface area contributed by atoms with Gasteiger partial charge in [-0.1, -0.05) is 23.5 Å². The van der Waals surface area contributed by atoms with E-state index in [2.05, 4.69) is 58.6 Å². The minimum atomic E-state index is -6.33. The van der Waals surface area contributed by atoms with Crippen LogP contribution < -0.4 is 10.6 Å². The van der Waals surface area contributed by atoms with Crippen LogP contribution in [-0.2, 0) is 242 Å². The van der Waals surface area contributed by atoms with E-state index < -0.39 is 326 Å². The predicted octanol–water partition coefficient (Wildman–Crippen LogP) is -8.72. The minimum Gasteiger partial charge on any atom is -0.356 e. The first kappa shape index (κ1) is 105. The molecule has 0 spiro atoms. The summed E-state index contributed by atoms with van der Waals surface area (Å²) in [6.45, 7) is -7.79. The number of hydrogen-bond donors (Lipinski definition) is 16. The monoisotopic (exact) mass is 2070 g/mol. The fourth-order valence-electron chi connectivity index (χ4n) is 10.1. The van der Waals surface area contributed by atoms with Crippen LogP contribution in [0, 0.1) is 0 Å². The molecule has 2 amide bonds. The molecule has 694 valence electrons. The molecule has 16 N–H and O–H groups in total. The van der Waals surface area contributed by atoms with E-state index in [-0.39, 0.29) is 23.5 Å². The van der Waals surface area contributed by atoms with Crippen LogP contribution >= 0.6 is 23.5 Å². The molecule has 4 aliphatic heterocycles. The molecule has 0 saturated carbocycles. The highest BCUT2D eigenvalue weighted by Gasteiger charge is 2.62. The molecule has 120 heavy (non-hydrogen) atoms. The molecular weight excluding hydrogens is 2020 g/mol. The molecule has 2 aromatic rings. The normalized spacial score (nSPS) is 29.0. The lowest BCUT2D eigenvalue weighted by molar-refractivity contribution is -0.325. The van der Waals surface area contributed by atoms with Gasteiger partial charge in [-0.25, -0.2) is 58.6 Å². The maximum absolute atomic E-state index is 13.3. The molecule has 82 heteroatoms. The average molecular weight is 2070 g/mol. The second kappa shape index (κ2) is 39.7. The van der Waals surface area contributed by atoms with Crippen LogP contribution in [0.3, 0.4) is 0 Å². The third-order valence-electron chi connectivity index (χ3n) is 13.7. The molecule has 6 rings (SSSR count). The Hall–Kier alpha value is -3.98. The fourth-order valence-corrected chi connectivity index (χ4v) is 18.6. The second-order valence-electron chi connectivity index (χ2n) is 22.3. The van der Waals surface area contributed by atoms with Crippen molar-refractivity contribution >= 4 is 192 Å². The van der Waals surface area contributed by atoms with Crippen molar-refractivity contribution in [2.45, 2.75) is 131 Å². The number of nitrogens with one attached hydrogen (secondary N) is 2. The Kier molecular flexibility index (Phi) is 34.7. The van der Waals surface area contributed by atoms with E-state index in [1.165, 1.54) is 0 Å². The number of amides is 2. The fraction of sp³-hybridized carbons (Fsp3) is 0.632. The zero-order valence-corrected chi connectivity index (χ0v) is 69.3. The van der Waals surface area contributed by atoms with E-state index in [1.54, 1.807) is 0 Å². The number of thioether (sulfide) groups is 2. The van der Waals surface area contributed by atoms with Gasteiger partial charge in [-0.3, -0.25) is 73.3 Å². The van der Waals surface area contributed by atoms with Crippen LogP contribution in [-0.4, -0.2) is 341 Å². The smallest absolute Gasteiger partial charge is 0.356 e. The number of rotatable bonds is 42. The summed E-state index contributed by atoms with van der Waals surface area (Å²) in [6, 6.07) is 6.75. The lowest BCUT2D eigenvalue weighted by Gasteiger charge is -2.48. The lowest BCUT2D eigenvalue weighted by atomic mass is 9.97. The topological polar surface area (TPSA) is 1000 Å². The predicted molar refractivity (Wildman–Crippen MR) is 360 cm³/mol. The highest BCUT2D eigenvalue weighted by atomic mass is 32.3. The molecule has 4 heterocycles. The van der Waals surface area contributed by atoms with E-state index in [1.807, 2.05) is 10.6 Å². The van der Waals surface area contributed by atoms with Gasteiger partial charge in [0.25, 0.3) is 0 Å². The van der Waals surface area contributed by atoms with Gasteiger partial charge in [0.1, 0.15) is 96.3 Å². The molecule has 2 aromatic carbocycles. The molecule has 0 unspecified atom stereocenters. The number of hydrogen-bond acceptors (Lipinski definition) is 52. The van der Waals surface area contributed by atoms with Gasteiger partial charge in [0.2, 0.25) is 0 Å². The number of anilines is 2. The molecule has 4 saturated heterocycles. The summed E-state index contributed by atoms with van der Waals surface area (Å²) < 4.78 is 568. The zero-order chi connectivity index (χ0) is 91.5. The van der Waals surface area contributed by atoms with Crippen LogP contribution in [0.5, 0.6) is 0 Å². The molecule has 0 aliphatic carbocycles. The highest BCUT2D eigenvalue weighted by Crippen LogP contribution is 2.44. The summed E-state index contributed by atoms with van der Waals surface area (Å²) >= 11 is 0.0229. The second-order valence-corrected chi connectivity index (χ2v) is 39.5. The SMILES string of the molecule is O=C(Nc1ccc(S[C@@H]2O[C@H](COS(=O)(=O)O)[C@@H](O[C@H]3O[C@H](COS(=O)(=O)O)[C@@H](OS(=O)(=O)O)[C@H](OS(=O)(=O)O)[C@H]3OS(=O)(=O)O)[C@H](OS(=O)(=O)O)[C@H]2OS(=O)(=O)O)cc1)C(=O)Nc1ccc(S[C@@H]2O[C@H](COS(=O)(=O)O)[C@@H](O[C@H]3O[C@H](COS(=O)(=O)O)[C@@H](OS(=O)(=O)O)[C@H](OS(=O)(=O)O)[C@H]3OS(=O)(=O)O)[C@H](OS(=O)(=O)O)[C@H]2OS(=O)(=O)O)cc1. The van der Waals surface area contributed by atoms with Crippen LogP contribution in [0.25, 0.3) is 0 Å². The first-order valence-electron chi connectivity index (χ1n) is 29.0. The van der Waals surface area contributed by atoms with Crippen molar-refractivity contribution in [3.8, 4) is 0 Å². The van der Waals surface area contributed by atoms with Crippen molar-refractivity contribution < 1.29 is 278 Å². The summed E-state index contributed by atoms with van der Waals surface area (Å²) in [5.41, 5.74) is -5.94. The van der Waals surface area contributed by atoms with Gasteiger partial charge in [0, 0.05) is 21.2 Å². The Morgan fingerprint density at radius 2 is 0.450 bits per heavy atom. The summed E-state index contributed by atoms with van der Waals surface area (Å²) in [4.78, 5) is 25.8. The summed E-state index contributed by atoms with van der Waals surface area (Å²) in [5.74, 6) is -3.29. The summed E-state index contributed by atoms with van der Waals surface area (Å²) in [6.07, 6.45) is -57.5. The zero-order valence-electron chi connectivity index (χ0n) is 56.2. The lowest BCUT2D eigenvalue weighted by Crippen LogP contribution is -2.66. The first-order chi connectivity index (χ1) is 53.9.